The largest absolute Gasteiger partial charge is 0.387 e. The SMILES string of the molecule is CC1CCCC(N(C)CC(O)c2ccc(C(C)C)cc2)C1. The maximum absolute atomic E-state index is 10.5. The van der Waals surface area contributed by atoms with Gasteiger partial charge in [0.15, 0.2) is 0 Å². The first-order chi connectivity index (χ1) is 9.97. The third kappa shape index (κ3) is 4.55. The molecule has 0 heterocycles. The van der Waals surface area contributed by atoms with Crippen molar-refractivity contribution in [1.29, 1.82) is 0 Å². The van der Waals surface area contributed by atoms with Crippen molar-refractivity contribution in [2.24, 2.45) is 5.92 Å². The zero-order valence-corrected chi connectivity index (χ0v) is 14.0. The van der Waals surface area contributed by atoms with Crippen LogP contribution in [0, 0.1) is 5.92 Å². The Morgan fingerprint density at radius 2 is 1.76 bits per heavy atom. The summed E-state index contributed by atoms with van der Waals surface area (Å²) in [5.41, 5.74) is 2.37. The maximum Gasteiger partial charge on any atom is 0.0916 e. The van der Waals surface area contributed by atoms with Gasteiger partial charge in [-0.25, -0.2) is 0 Å². The Kier molecular flexibility index (Phi) is 5.83. The molecular weight excluding hydrogens is 258 g/mol. The van der Waals surface area contributed by atoms with Crippen molar-refractivity contribution in [3.05, 3.63) is 35.4 Å². The molecule has 1 aliphatic rings. The van der Waals surface area contributed by atoms with Gasteiger partial charge in [-0.05, 0) is 42.9 Å². The number of aliphatic hydroxyl groups is 1. The molecule has 1 aromatic rings. The van der Waals surface area contributed by atoms with Crippen molar-refractivity contribution in [3.63, 3.8) is 0 Å². The fraction of sp³-hybridized carbons (Fsp3) is 0.684. The first-order valence-electron chi connectivity index (χ1n) is 8.45. The average Bonchev–Trinajstić information content (AvgIpc) is 2.47. The number of hydrogen-bond acceptors (Lipinski definition) is 2. The fourth-order valence-electron chi connectivity index (χ4n) is 3.43. The van der Waals surface area contributed by atoms with Gasteiger partial charge in [-0.1, -0.05) is 57.9 Å². The molecule has 1 N–H and O–H groups in total. The Morgan fingerprint density at radius 3 is 2.33 bits per heavy atom. The van der Waals surface area contributed by atoms with E-state index in [4.69, 9.17) is 0 Å². The van der Waals surface area contributed by atoms with E-state index in [-0.39, 0.29) is 6.10 Å². The summed E-state index contributed by atoms with van der Waals surface area (Å²) in [7, 11) is 2.16. The van der Waals surface area contributed by atoms with Crippen molar-refractivity contribution >= 4 is 0 Å². The monoisotopic (exact) mass is 289 g/mol. The highest BCUT2D eigenvalue weighted by Gasteiger charge is 2.24. The smallest absolute Gasteiger partial charge is 0.0916 e. The van der Waals surface area contributed by atoms with Gasteiger partial charge in [0.25, 0.3) is 0 Å². The van der Waals surface area contributed by atoms with Crippen LogP contribution in [0.1, 0.15) is 69.6 Å². The summed E-state index contributed by atoms with van der Waals surface area (Å²) in [6.07, 6.45) is 4.86. The lowest BCUT2D eigenvalue weighted by molar-refractivity contribution is 0.0831. The molecule has 1 fully saturated rings. The van der Waals surface area contributed by atoms with Crippen molar-refractivity contribution in [1.82, 2.24) is 4.90 Å². The summed E-state index contributed by atoms with van der Waals surface area (Å²) < 4.78 is 0. The molecule has 0 radical (unpaired) electrons. The Balaban J connectivity index is 1.92. The normalized spacial score (nSPS) is 24.5. The molecule has 2 rings (SSSR count). The third-order valence-corrected chi connectivity index (χ3v) is 4.98. The van der Waals surface area contributed by atoms with E-state index in [1.54, 1.807) is 0 Å². The minimum absolute atomic E-state index is 0.381. The van der Waals surface area contributed by atoms with E-state index in [1.165, 1.54) is 31.2 Å². The van der Waals surface area contributed by atoms with E-state index in [1.807, 2.05) is 0 Å². The van der Waals surface area contributed by atoms with Crippen LogP contribution in [0.2, 0.25) is 0 Å². The van der Waals surface area contributed by atoms with Gasteiger partial charge in [0.1, 0.15) is 0 Å². The Morgan fingerprint density at radius 1 is 1.14 bits per heavy atom. The van der Waals surface area contributed by atoms with E-state index in [9.17, 15) is 5.11 Å². The molecule has 1 saturated carbocycles. The van der Waals surface area contributed by atoms with Gasteiger partial charge < -0.3 is 10.0 Å². The second-order valence-electron chi connectivity index (χ2n) is 7.20. The first kappa shape index (κ1) is 16.5. The minimum atomic E-state index is -0.381. The van der Waals surface area contributed by atoms with Gasteiger partial charge in [-0.2, -0.15) is 0 Å². The van der Waals surface area contributed by atoms with Gasteiger partial charge in [0.2, 0.25) is 0 Å². The van der Waals surface area contributed by atoms with Crippen molar-refractivity contribution in [3.8, 4) is 0 Å². The molecule has 0 spiro atoms. The van der Waals surface area contributed by atoms with Crippen LogP contribution in [-0.2, 0) is 0 Å². The number of benzene rings is 1. The zero-order chi connectivity index (χ0) is 15.4. The summed E-state index contributed by atoms with van der Waals surface area (Å²) in [5, 5.41) is 10.5. The van der Waals surface area contributed by atoms with E-state index < -0.39 is 0 Å². The predicted octanol–water partition coefficient (Wildman–Crippen LogP) is 4.35. The lowest BCUT2D eigenvalue weighted by Gasteiger charge is -2.35. The standard InChI is InChI=1S/C19H31NO/c1-14(2)16-8-10-17(11-9-16)19(21)13-20(4)18-7-5-6-15(3)12-18/h8-11,14-15,18-19,21H,5-7,12-13H2,1-4H3. The molecule has 3 unspecified atom stereocenters. The van der Waals surface area contributed by atoms with E-state index in [2.05, 4.69) is 57.0 Å². The number of rotatable bonds is 5. The predicted molar refractivity (Wildman–Crippen MR) is 89.5 cm³/mol. The molecule has 0 amide bonds. The number of hydrogen-bond donors (Lipinski definition) is 1. The van der Waals surface area contributed by atoms with Crippen LogP contribution in [0.5, 0.6) is 0 Å². The zero-order valence-electron chi connectivity index (χ0n) is 14.0. The highest BCUT2D eigenvalue weighted by molar-refractivity contribution is 5.26. The third-order valence-electron chi connectivity index (χ3n) is 4.98. The van der Waals surface area contributed by atoms with Crippen LogP contribution >= 0.6 is 0 Å². The Labute approximate surface area is 130 Å². The van der Waals surface area contributed by atoms with Crippen molar-refractivity contribution in [2.75, 3.05) is 13.6 Å². The summed E-state index contributed by atoms with van der Waals surface area (Å²) in [6, 6.07) is 9.09. The molecule has 0 bridgehead atoms. The quantitative estimate of drug-likeness (QED) is 0.871. The van der Waals surface area contributed by atoms with Gasteiger partial charge in [0, 0.05) is 12.6 Å². The topological polar surface area (TPSA) is 23.5 Å². The first-order valence-corrected chi connectivity index (χ1v) is 8.45. The molecule has 3 atom stereocenters. The minimum Gasteiger partial charge on any atom is -0.387 e. The summed E-state index contributed by atoms with van der Waals surface area (Å²) in [6.45, 7) is 7.48. The highest BCUT2D eigenvalue weighted by Crippen LogP contribution is 2.28. The maximum atomic E-state index is 10.5. The van der Waals surface area contributed by atoms with Crippen LogP contribution in [-0.4, -0.2) is 29.6 Å². The number of likely N-dealkylation sites (N-methyl/N-ethyl adjacent to an activating group) is 1. The molecule has 21 heavy (non-hydrogen) atoms. The molecule has 0 aliphatic heterocycles. The van der Waals surface area contributed by atoms with Gasteiger partial charge in [-0.3, -0.25) is 0 Å². The second-order valence-corrected chi connectivity index (χ2v) is 7.20. The van der Waals surface area contributed by atoms with Crippen LogP contribution in [0.4, 0.5) is 0 Å². The molecule has 1 aliphatic carbocycles. The highest BCUT2D eigenvalue weighted by atomic mass is 16.3. The molecular formula is C19H31NO. The molecule has 2 nitrogen and oxygen atoms in total. The van der Waals surface area contributed by atoms with E-state index in [0.717, 1.165) is 18.0 Å². The number of aliphatic hydroxyl groups excluding tert-OH is 1. The summed E-state index contributed by atoms with van der Waals surface area (Å²) >= 11 is 0. The number of nitrogens with zero attached hydrogens (tertiary/aromatic N) is 1. The second kappa shape index (κ2) is 7.42. The van der Waals surface area contributed by atoms with Gasteiger partial charge in [0.05, 0.1) is 6.10 Å². The molecule has 1 aromatic carbocycles. The van der Waals surface area contributed by atoms with E-state index in [0.29, 0.717) is 12.0 Å². The van der Waals surface area contributed by atoms with E-state index >= 15 is 0 Å². The van der Waals surface area contributed by atoms with Crippen molar-refractivity contribution in [2.45, 2.75) is 64.5 Å². The van der Waals surface area contributed by atoms with Crippen LogP contribution in [0.25, 0.3) is 0 Å². The summed E-state index contributed by atoms with van der Waals surface area (Å²) in [4.78, 5) is 2.36. The van der Waals surface area contributed by atoms with Crippen LogP contribution in [0.15, 0.2) is 24.3 Å². The van der Waals surface area contributed by atoms with Crippen LogP contribution in [0.3, 0.4) is 0 Å². The fourth-order valence-corrected chi connectivity index (χ4v) is 3.43. The lowest BCUT2D eigenvalue weighted by Crippen LogP contribution is -2.38. The van der Waals surface area contributed by atoms with Gasteiger partial charge in [-0.15, -0.1) is 0 Å². The summed E-state index contributed by atoms with van der Waals surface area (Å²) in [5.74, 6) is 1.37. The average molecular weight is 289 g/mol. The van der Waals surface area contributed by atoms with Gasteiger partial charge >= 0.3 is 0 Å². The molecule has 0 aromatic heterocycles. The Hall–Kier alpha value is -0.860. The lowest BCUT2D eigenvalue weighted by atomic mass is 9.86. The molecule has 118 valence electrons. The molecule has 0 saturated heterocycles. The van der Waals surface area contributed by atoms with Crippen LogP contribution < -0.4 is 0 Å². The van der Waals surface area contributed by atoms with Crippen molar-refractivity contribution < 1.29 is 5.11 Å². The Bertz CT molecular complexity index is 426. The molecule has 2 heteroatoms.